The lowest BCUT2D eigenvalue weighted by atomic mass is 10.1. The van der Waals surface area contributed by atoms with Gasteiger partial charge < -0.3 is 10.2 Å². The molecule has 2 N–H and O–H groups in total. The Bertz CT molecular complexity index is 862. The van der Waals surface area contributed by atoms with Gasteiger partial charge in [0.05, 0.1) is 0 Å². The average molecular weight is 460 g/mol. The molecule has 0 spiro atoms. The van der Waals surface area contributed by atoms with Gasteiger partial charge in [-0.05, 0) is 67.5 Å². The third kappa shape index (κ3) is 5.62. The molecule has 1 heterocycles. The van der Waals surface area contributed by atoms with Crippen LogP contribution in [0, 0.1) is 0 Å². The van der Waals surface area contributed by atoms with Gasteiger partial charge in [-0.15, -0.1) is 0 Å². The number of halogens is 1. The van der Waals surface area contributed by atoms with E-state index >= 15 is 0 Å². The van der Waals surface area contributed by atoms with Crippen LogP contribution in [0.5, 0.6) is 0 Å². The molecule has 146 valence electrons. The Kier molecular flexibility index (Phi) is 7.17. The summed E-state index contributed by atoms with van der Waals surface area (Å²) in [6, 6.07) is 14.2. The first-order valence-electron chi connectivity index (χ1n) is 9.30. The van der Waals surface area contributed by atoms with E-state index in [0.29, 0.717) is 16.8 Å². The number of nitrogens with zero attached hydrogens (tertiary/aromatic N) is 1. The summed E-state index contributed by atoms with van der Waals surface area (Å²) in [5.74, 6) is -0.217. The second-order valence-electron chi connectivity index (χ2n) is 6.70. The van der Waals surface area contributed by atoms with Crippen LogP contribution in [-0.2, 0) is 0 Å². The van der Waals surface area contributed by atoms with Crippen LogP contribution in [0.2, 0.25) is 0 Å². The molecule has 0 aromatic heterocycles. The number of thiocarbonyl (C=S) groups is 1. The number of anilines is 1. The van der Waals surface area contributed by atoms with Gasteiger partial charge in [0.15, 0.2) is 5.11 Å². The molecule has 3 rings (SSSR count). The van der Waals surface area contributed by atoms with E-state index in [1.165, 1.54) is 12.8 Å². The average Bonchev–Trinajstić information content (AvgIpc) is 2.97. The highest BCUT2D eigenvalue weighted by molar-refractivity contribution is 9.10. The smallest absolute Gasteiger partial charge is 0.257 e. The molecule has 0 aliphatic carbocycles. The minimum atomic E-state index is -0.285. The maximum Gasteiger partial charge on any atom is 0.257 e. The standard InChI is InChI=1S/C21H22BrN3O2S/c22-17-7-5-6-16(14-17)19(26)24-21(28)23-18-10-8-15(9-11-18)20(27)25-12-3-1-2-4-13-25/h5-11,14H,1-4,12-13H2,(H2,23,24,26,28). The van der Waals surface area contributed by atoms with Crippen molar-refractivity contribution in [2.45, 2.75) is 25.7 Å². The first kappa shape index (κ1) is 20.5. The molecular formula is C21H22BrN3O2S. The van der Waals surface area contributed by atoms with Crippen LogP contribution in [0.15, 0.2) is 53.0 Å². The number of carbonyl (C=O) groups excluding carboxylic acids is 2. The van der Waals surface area contributed by atoms with E-state index in [4.69, 9.17) is 12.2 Å². The predicted molar refractivity (Wildman–Crippen MR) is 119 cm³/mol. The van der Waals surface area contributed by atoms with Gasteiger partial charge in [0.1, 0.15) is 0 Å². The number of amides is 2. The van der Waals surface area contributed by atoms with E-state index in [1.54, 1.807) is 42.5 Å². The summed E-state index contributed by atoms with van der Waals surface area (Å²) in [6.07, 6.45) is 4.51. The van der Waals surface area contributed by atoms with Gasteiger partial charge in [-0.1, -0.05) is 34.8 Å². The van der Waals surface area contributed by atoms with Crippen LogP contribution in [0.4, 0.5) is 5.69 Å². The summed E-state index contributed by atoms with van der Waals surface area (Å²) in [4.78, 5) is 26.8. The molecule has 7 heteroatoms. The fourth-order valence-corrected chi connectivity index (χ4v) is 3.73. The molecular weight excluding hydrogens is 438 g/mol. The lowest BCUT2D eigenvalue weighted by molar-refractivity contribution is 0.0761. The zero-order chi connectivity index (χ0) is 19.9. The summed E-state index contributed by atoms with van der Waals surface area (Å²) in [5, 5.41) is 5.83. The van der Waals surface area contributed by atoms with Gasteiger partial charge in [0, 0.05) is 34.4 Å². The Morgan fingerprint density at radius 1 is 0.929 bits per heavy atom. The van der Waals surface area contributed by atoms with E-state index in [2.05, 4.69) is 26.6 Å². The number of rotatable bonds is 3. The summed E-state index contributed by atoms with van der Waals surface area (Å²) < 4.78 is 0.823. The molecule has 1 aliphatic rings. The number of likely N-dealkylation sites (tertiary alicyclic amines) is 1. The second kappa shape index (κ2) is 9.80. The van der Waals surface area contributed by atoms with Crippen molar-refractivity contribution in [3.8, 4) is 0 Å². The number of carbonyl (C=O) groups is 2. The Balaban J connectivity index is 1.56. The molecule has 0 saturated carbocycles. The zero-order valence-electron chi connectivity index (χ0n) is 15.4. The van der Waals surface area contributed by atoms with Crippen molar-refractivity contribution in [3.63, 3.8) is 0 Å². The van der Waals surface area contributed by atoms with E-state index in [1.807, 2.05) is 11.0 Å². The molecule has 0 unspecified atom stereocenters. The van der Waals surface area contributed by atoms with E-state index in [0.717, 1.165) is 30.4 Å². The molecule has 0 atom stereocenters. The van der Waals surface area contributed by atoms with Crippen LogP contribution in [0.25, 0.3) is 0 Å². The van der Waals surface area contributed by atoms with Crippen molar-refractivity contribution in [2.24, 2.45) is 0 Å². The number of hydrogen-bond donors (Lipinski definition) is 2. The normalized spacial score (nSPS) is 14.1. The lowest BCUT2D eigenvalue weighted by Gasteiger charge is -2.20. The number of benzene rings is 2. The minimum Gasteiger partial charge on any atom is -0.339 e. The van der Waals surface area contributed by atoms with E-state index < -0.39 is 0 Å². The quantitative estimate of drug-likeness (QED) is 0.658. The van der Waals surface area contributed by atoms with Crippen molar-refractivity contribution in [3.05, 3.63) is 64.1 Å². The SMILES string of the molecule is O=C(NC(=S)Nc1ccc(C(=O)N2CCCCCC2)cc1)c1cccc(Br)c1. The second-order valence-corrected chi connectivity index (χ2v) is 8.03. The zero-order valence-corrected chi connectivity index (χ0v) is 17.8. The highest BCUT2D eigenvalue weighted by Crippen LogP contribution is 2.16. The van der Waals surface area contributed by atoms with Crippen molar-refractivity contribution < 1.29 is 9.59 Å². The van der Waals surface area contributed by atoms with Gasteiger partial charge in [-0.2, -0.15) is 0 Å². The molecule has 5 nitrogen and oxygen atoms in total. The fourth-order valence-electron chi connectivity index (χ4n) is 3.12. The van der Waals surface area contributed by atoms with Crippen molar-refractivity contribution in [1.82, 2.24) is 10.2 Å². The third-order valence-electron chi connectivity index (χ3n) is 4.60. The maximum atomic E-state index is 12.6. The summed E-state index contributed by atoms with van der Waals surface area (Å²) in [6.45, 7) is 1.65. The van der Waals surface area contributed by atoms with E-state index in [-0.39, 0.29) is 16.9 Å². The van der Waals surface area contributed by atoms with E-state index in [9.17, 15) is 9.59 Å². The molecule has 1 fully saturated rings. The number of nitrogens with one attached hydrogen (secondary N) is 2. The maximum absolute atomic E-state index is 12.6. The lowest BCUT2D eigenvalue weighted by Crippen LogP contribution is -2.34. The van der Waals surface area contributed by atoms with Crippen LogP contribution in [0.3, 0.4) is 0 Å². The largest absolute Gasteiger partial charge is 0.339 e. The van der Waals surface area contributed by atoms with Gasteiger partial charge in [-0.25, -0.2) is 0 Å². The first-order chi connectivity index (χ1) is 13.5. The Labute approximate surface area is 178 Å². The minimum absolute atomic E-state index is 0.0685. The first-order valence-corrected chi connectivity index (χ1v) is 10.5. The Morgan fingerprint density at radius 2 is 1.61 bits per heavy atom. The third-order valence-corrected chi connectivity index (χ3v) is 5.29. The van der Waals surface area contributed by atoms with Gasteiger partial charge in [-0.3, -0.25) is 14.9 Å². The molecule has 0 radical (unpaired) electrons. The van der Waals surface area contributed by atoms with Gasteiger partial charge >= 0.3 is 0 Å². The highest BCUT2D eigenvalue weighted by atomic mass is 79.9. The number of hydrogen-bond acceptors (Lipinski definition) is 3. The monoisotopic (exact) mass is 459 g/mol. The van der Waals surface area contributed by atoms with Crippen molar-refractivity contribution in [2.75, 3.05) is 18.4 Å². The highest BCUT2D eigenvalue weighted by Gasteiger charge is 2.17. The molecule has 1 saturated heterocycles. The molecule has 2 amide bonds. The summed E-state index contributed by atoms with van der Waals surface area (Å²) in [5.41, 5.74) is 1.89. The molecule has 2 aromatic rings. The van der Waals surface area contributed by atoms with Gasteiger partial charge in [0.2, 0.25) is 0 Å². The molecule has 2 aromatic carbocycles. The van der Waals surface area contributed by atoms with Crippen LogP contribution >= 0.6 is 28.1 Å². The Hall–Kier alpha value is -2.25. The topological polar surface area (TPSA) is 61.4 Å². The van der Waals surface area contributed by atoms with Crippen molar-refractivity contribution in [1.29, 1.82) is 0 Å². The molecule has 28 heavy (non-hydrogen) atoms. The van der Waals surface area contributed by atoms with Crippen LogP contribution < -0.4 is 10.6 Å². The van der Waals surface area contributed by atoms with Crippen LogP contribution in [-0.4, -0.2) is 34.9 Å². The molecule has 1 aliphatic heterocycles. The predicted octanol–water partition coefficient (Wildman–Crippen LogP) is 4.59. The van der Waals surface area contributed by atoms with Gasteiger partial charge in [0.25, 0.3) is 11.8 Å². The fraction of sp³-hybridized carbons (Fsp3) is 0.286. The summed E-state index contributed by atoms with van der Waals surface area (Å²) >= 11 is 8.56. The molecule has 0 bridgehead atoms. The summed E-state index contributed by atoms with van der Waals surface area (Å²) in [7, 11) is 0. The van der Waals surface area contributed by atoms with Crippen molar-refractivity contribution >= 4 is 50.8 Å². The Morgan fingerprint density at radius 3 is 2.25 bits per heavy atom. The van der Waals surface area contributed by atoms with Crippen LogP contribution in [0.1, 0.15) is 46.4 Å².